The number of benzene rings is 2. The van der Waals surface area contributed by atoms with Gasteiger partial charge in [-0.15, -0.1) is 0 Å². The summed E-state index contributed by atoms with van der Waals surface area (Å²) in [6.45, 7) is 2.25. The maximum atomic E-state index is 11.4. The number of unbranched alkanes of at least 4 members (excludes halogenated alkanes) is 4. The lowest BCUT2D eigenvalue weighted by Gasteiger charge is -2.06. The minimum absolute atomic E-state index is 0.296. The van der Waals surface area contributed by atoms with Crippen molar-refractivity contribution in [3.63, 3.8) is 0 Å². The average Bonchev–Trinajstić information content (AvgIpc) is 2.61. The number of hydrogen-bond donors (Lipinski definition) is 0. The van der Waals surface area contributed by atoms with Gasteiger partial charge in [-0.2, -0.15) is 0 Å². The lowest BCUT2D eigenvalue weighted by molar-refractivity contribution is 0.0601. The average molecular weight is 310 g/mol. The van der Waals surface area contributed by atoms with Gasteiger partial charge in [0.25, 0.3) is 0 Å². The van der Waals surface area contributed by atoms with Crippen LogP contribution in [0.5, 0.6) is 0 Å². The number of esters is 1. The van der Waals surface area contributed by atoms with Crippen molar-refractivity contribution in [2.45, 2.75) is 45.4 Å². The summed E-state index contributed by atoms with van der Waals surface area (Å²) in [6.07, 6.45) is 7.74. The van der Waals surface area contributed by atoms with Crippen molar-refractivity contribution >= 4 is 5.97 Å². The van der Waals surface area contributed by atoms with E-state index in [1.165, 1.54) is 50.3 Å². The van der Waals surface area contributed by atoms with Gasteiger partial charge in [-0.25, -0.2) is 4.79 Å². The first-order valence-corrected chi connectivity index (χ1v) is 8.52. The molecule has 2 heteroatoms. The van der Waals surface area contributed by atoms with Crippen LogP contribution >= 0.6 is 0 Å². The summed E-state index contributed by atoms with van der Waals surface area (Å²) in [4.78, 5) is 11.4. The van der Waals surface area contributed by atoms with Gasteiger partial charge in [0.1, 0.15) is 0 Å². The first kappa shape index (κ1) is 17.3. The van der Waals surface area contributed by atoms with Crippen LogP contribution in [0.25, 0.3) is 11.1 Å². The van der Waals surface area contributed by atoms with E-state index in [4.69, 9.17) is 4.74 Å². The SMILES string of the molecule is CCCCCCCc1ccc(-c2ccc(C(=O)OC)cc2)cc1. The monoisotopic (exact) mass is 310 g/mol. The third-order valence-electron chi connectivity index (χ3n) is 4.16. The van der Waals surface area contributed by atoms with Crippen LogP contribution in [0.4, 0.5) is 0 Å². The molecule has 0 aliphatic carbocycles. The van der Waals surface area contributed by atoms with Crippen LogP contribution in [0.1, 0.15) is 54.9 Å². The Morgan fingerprint density at radius 1 is 0.826 bits per heavy atom. The highest BCUT2D eigenvalue weighted by Crippen LogP contribution is 2.21. The molecule has 0 saturated heterocycles. The molecular weight excluding hydrogens is 284 g/mol. The Bertz CT molecular complexity index is 597. The Kier molecular flexibility index (Phi) is 6.86. The van der Waals surface area contributed by atoms with Gasteiger partial charge < -0.3 is 4.74 Å². The molecule has 0 amide bonds. The summed E-state index contributed by atoms with van der Waals surface area (Å²) in [5, 5.41) is 0. The van der Waals surface area contributed by atoms with Crippen LogP contribution in [0.2, 0.25) is 0 Å². The van der Waals surface area contributed by atoms with Crippen molar-refractivity contribution in [3.8, 4) is 11.1 Å². The van der Waals surface area contributed by atoms with Crippen LogP contribution in [0.15, 0.2) is 48.5 Å². The molecule has 0 saturated carbocycles. The molecule has 2 aromatic rings. The molecule has 2 aromatic carbocycles. The van der Waals surface area contributed by atoms with E-state index in [1.54, 1.807) is 0 Å². The number of methoxy groups -OCH3 is 1. The minimum Gasteiger partial charge on any atom is -0.465 e. The molecule has 0 N–H and O–H groups in total. The van der Waals surface area contributed by atoms with Gasteiger partial charge in [0, 0.05) is 0 Å². The predicted molar refractivity (Wildman–Crippen MR) is 95.7 cm³/mol. The fourth-order valence-electron chi connectivity index (χ4n) is 2.71. The predicted octanol–water partition coefficient (Wildman–Crippen LogP) is 5.65. The molecule has 0 fully saturated rings. The number of carbonyl (C=O) groups excluding carboxylic acids is 1. The summed E-state index contributed by atoms with van der Waals surface area (Å²) >= 11 is 0. The maximum Gasteiger partial charge on any atom is 0.337 e. The van der Waals surface area contributed by atoms with Gasteiger partial charge in [0.15, 0.2) is 0 Å². The lowest BCUT2D eigenvalue weighted by Crippen LogP contribution is -2.00. The Labute approximate surface area is 139 Å². The van der Waals surface area contributed by atoms with E-state index in [1.807, 2.05) is 24.3 Å². The molecule has 0 heterocycles. The Morgan fingerprint density at radius 2 is 1.39 bits per heavy atom. The summed E-state index contributed by atoms with van der Waals surface area (Å²) in [6, 6.07) is 16.3. The Balaban J connectivity index is 1.92. The molecule has 0 radical (unpaired) electrons. The summed E-state index contributed by atoms with van der Waals surface area (Å²) < 4.78 is 4.72. The normalized spacial score (nSPS) is 10.5. The van der Waals surface area contributed by atoms with E-state index < -0.39 is 0 Å². The number of carbonyl (C=O) groups is 1. The van der Waals surface area contributed by atoms with Crippen LogP contribution < -0.4 is 0 Å². The highest BCUT2D eigenvalue weighted by Gasteiger charge is 2.05. The molecule has 0 unspecified atom stereocenters. The zero-order valence-corrected chi connectivity index (χ0v) is 14.2. The van der Waals surface area contributed by atoms with Crippen molar-refractivity contribution in [2.24, 2.45) is 0 Å². The van der Waals surface area contributed by atoms with Gasteiger partial charge in [0.2, 0.25) is 0 Å². The van der Waals surface area contributed by atoms with Gasteiger partial charge in [-0.3, -0.25) is 0 Å². The second-order valence-electron chi connectivity index (χ2n) is 5.93. The highest BCUT2D eigenvalue weighted by atomic mass is 16.5. The zero-order valence-electron chi connectivity index (χ0n) is 14.2. The fraction of sp³-hybridized carbons (Fsp3) is 0.381. The van der Waals surface area contributed by atoms with E-state index in [9.17, 15) is 4.79 Å². The standard InChI is InChI=1S/C21H26O2/c1-3-4-5-6-7-8-17-9-11-18(12-10-17)19-13-15-20(16-14-19)21(22)23-2/h9-16H,3-8H2,1-2H3. The molecule has 0 aromatic heterocycles. The fourth-order valence-corrected chi connectivity index (χ4v) is 2.71. The van der Waals surface area contributed by atoms with Crippen molar-refractivity contribution in [3.05, 3.63) is 59.7 Å². The summed E-state index contributed by atoms with van der Waals surface area (Å²) in [5.74, 6) is -0.296. The molecule has 0 aliphatic heterocycles. The summed E-state index contributed by atoms with van der Waals surface area (Å²) in [5.41, 5.74) is 4.28. The molecule has 122 valence electrons. The molecule has 0 atom stereocenters. The van der Waals surface area contributed by atoms with E-state index in [0.717, 1.165) is 12.0 Å². The highest BCUT2D eigenvalue weighted by molar-refractivity contribution is 5.89. The number of aryl methyl sites for hydroxylation is 1. The van der Waals surface area contributed by atoms with Gasteiger partial charge in [0.05, 0.1) is 12.7 Å². The van der Waals surface area contributed by atoms with Crippen molar-refractivity contribution in [1.29, 1.82) is 0 Å². The van der Waals surface area contributed by atoms with Gasteiger partial charge >= 0.3 is 5.97 Å². The smallest absolute Gasteiger partial charge is 0.337 e. The van der Waals surface area contributed by atoms with Crippen LogP contribution in [0, 0.1) is 0 Å². The quantitative estimate of drug-likeness (QED) is 0.465. The number of hydrogen-bond acceptors (Lipinski definition) is 2. The zero-order chi connectivity index (χ0) is 16.5. The first-order chi connectivity index (χ1) is 11.2. The van der Waals surface area contributed by atoms with E-state index in [0.29, 0.717) is 5.56 Å². The van der Waals surface area contributed by atoms with Crippen molar-refractivity contribution in [2.75, 3.05) is 7.11 Å². The maximum absolute atomic E-state index is 11.4. The molecule has 23 heavy (non-hydrogen) atoms. The topological polar surface area (TPSA) is 26.3 Å². The van der Waals surface area contributed by atoms with Crippen molar-refractivity contribution in [1.82, 2.24) is 0 Å². The summed E-state index contributed by atoms with van der Waals surface area (Å²) in [7, 11) is 1.40. The lowest BCUT2D eigenvalue weighted by atomic mass is 10.00. The minimum atomic E-state index is -0.296. The molecule has 0 bridgehead atoms. The van der Waals surface area contributed by atoms with Crippen LogP contribution in [-0.4, -0.2) is 13.1 Å². The third kappa shape index (κ3) is 5.24. The van der Waals surface area contributed by atoms with Gasteiger partial charge in [-0.1, -0.05) is 69.0 Å². The largest absolute Gasteiger partial charge is 0.465 e. The molecule has 2 rings (SSSR count). The van der Waals surface area contributed by atoms with E-state index in [-0.39, 0.29) is 5.97 Å². The molecule has 0 spiro atoms. The van der Waals surface area contributed by atoms with Crippen molar-refractivity contribution < 1.29 is 9.53 Å². The van der Waals surface area contributed by atoms with E-state index in [2.05, 4.69) is 31.2 Å². The second kappa shape index (κ2) is 9.14. The molecular formula is C21H26O2. The number of ether oxygens (including phenoxy) is 1. The molecule has 0 aliphatic rings. The Hall–Kier alpha value is -2.09. The van der Waals surface area contributed by atoms with E-state index >= 15 is 0 Å². The molecule has 2 nitrogen and oxygen atoms in total. The second-order valence-corrected chi connectivity index (χ2v) is 5.93. The first-order valence-electron chi connectivity index (χ1n) is 8.52. The third-order valence-corrected chi connectivity index (χ3v) is 4.16. The van der Waals surface area contributed by atoms with Crippen LogP contribution in [0.3, 0.4) is 0 Å². The van der Waals surface area contributed by atoms with Crippen LogP contribution in [-0.2, 0) is 11.2 Å². The number of rotatable bonds is 8. The Morgan fingerprint density at radius 3 is 1.96 bits per heavy atom. The van der Waals surface area contributed by atoms with Gasteiger partial charge in [-0.05, 0) is 41.7 Å².